The summed E-state index contributed by atoms with van der Waals surface area (Å²) in [6.07, 6.45) is 3.92. The Labute approximate surface area is 119 Å². The molecule has 2 aliphatic carbocycles. The molecule has 4 nitrogen and oxygen atoms in total. The van der Waals surface area contributed by atoms with Gasteiger partial charge in [-0.25, -0.2) is 4.79 Å². The normalized spacial score (nSPS) is 31.2. The van der Waals surface area contributed by atoms with Gasteiger partial charge in [0.1, 0.15) is 6.61 Å². The number of aliphatic hydroxyl groups is 1. The van der Waals surface area contributed by atoms with Gasteiger partial charge in [-0.3, -0.25) is 0 Å². The van der Waals surface area contributed by atoms with Crippen molar-refractivity contribution in [2.24, 2.45) is 11.8 Å². The predicted octanol–water partition coefficient (Wildman–Crippen LogP) is 2.46. The molecular weight excluding hydrogens is 254 g/mol. The lowest BCUT2D eigenvalue weighted by molar-refractivity contribution is 0.0801. The topological polar surface area (TPSA) is 58.6 Å². The van der Waals surface area contributed by atoms with Gasteiger partial charge in [0.2, 0.25) is 0 Å². The van der Waals surface area contributed by atoms with Gasteiger partial charge in [0.15, 0.2) is 0 Å². The van der Waals surface area contributed by atoms with Crippen molar-refractivity contribution in [2.75, 3.05) is 6.61 Å². The van der Waals surface area contributed by atoms with Gasteiger partial charge in [-0.05, 0) is 43.1 Å². The summed E-state index contributed by atoms with van der Waals surface area (Å²) >= 11 is 0. The van der Waals surface area contributed by atoms with E-state index in [0.29, 0.717) is 11.8 Å². The number of aliphatic hydroxyl groups excluding tert-OH is 1. The van der Waals surface area contributed by atoms with Crippen LogP contribution in [0.15, 0.2) is 30.3 Å². The largest absolute Gasteiger partial charge is 0.445 e. The Morgan fingerprint density at radius 1 is 1.35 bits per heavy atom. The van der Waals surface area contributed by atoms with Crippen LogP contribution in [0.25, 0.3) is 0 Å². The van der Waals surface area contributed by atoms with Crippen molar-refractivity contribution in [3.05, 3.63) is 35.9 Å². The molecule has 3 rings (SSSR count). The second-order valence-corrected chi connectivity index (χ2v) is 6.08. The Morgan fingerprint density at radius 3 is 2.75 bits per heavy atom. The molecule has 0 aromatic heterocycles. The standard InChI is InChI=1S/C16H21NO3/c18-11-16(9-13-6-7-14(16)8-13)17-15(19)20-10-12-4-2-1-3-5-12/h1-5,13-14,18H,6-11H2,(H,17,19). The van der Waals surface area contributed by atoms with Crippen molar-refractivity contribution >= 4 is 6.09 Å². The number of alkyl carbamates (subject to hydrolysis) is 1. The molecule has 3 unspecified atom stereocenters. The Kier molecular flexibility index (Phi) is 3.66. The third-order valence-corrected chi connectivity index (χ3v) is 4.82. The van der Waals surface area contributed by atoms with E-state index in [0.717, 1.165) is 24.8 Å². The van der Waals surface area contributed by atoms with E-state index in [1.54, 1.807) is 0 Å². The van der Waals surface area contributed by atoms with Gasteiger partial charge >= 0.3 is 6.09 Å². The number of carbonyl (C=O) groups excluding carboxylic acids is 1. The van der Waals surface area contributed by atoms with Crippen LogP contribution >= 0.6 is 0 Å². The van der Waals surface area contributed by atoms with Crippen molar-refractivity contribution < 1.29 is 14.6 Å². The van der Waals surface area contributed by atoms with Gasteiger partial charge in [-0.15, -0.1) is 0 Å². The van der Waals surface area contributed by atoms with Crippen LogP contribution in [0.1, 0.15) is 31.2 Å². The molecule has 1 aromatic carbocycles. The van der Waals surface area contributed by atoms with E-state index >= 15 is 0 Å². The minimum absolute atomic E-state index is 0.00854. The maximum Gasteiger partial charge on any atom is 0.407 e. The maximum absolute atomic E-state index is 12.0. The van der Waals surface area contributed by atoms with Crippen LogP contribution in [0.4, 0.5) is 4.79 Å². The van der Waals surface area contributed by atoms with Crippen molar-refractivity contribution in [3.63, 3.8) is 0 Å². The van der Waals surface area contributed by atoms with Gasteiger partial charge in [-0.2, -0.15) is 0 Å². The fourth-order valence-corrected chi connectivity index (χ4v) is 3.79. The average molecular weight is 275 g/mol. The Hall–Kier alpha value is -1.55. The quantitative estimate of drug-likeness (QED) is 0.887. The van der Waals surface area contributed by atoms with Gasteiger partial charge in [-0.1, -0.05) is 30.3 Å². The van der Waals surface area contributed by atoms with Crippen LogP contribution in [-0.4, -0.2) is 23.3 Å². The number of rotatable bonds is 4. The lowest BCUT2D eigenvalue weighted by atomic mass is 9.82. The lowest BCUT2D eigenvalue weighted by Crippen LogP contribution is -2.55. The first-order valence-corrected chi connectivity index (χ1v) is 7.31. The molecule has 3 atom stereocenters. The first-order chi connectivity index (χ1) is 9.72. The van der Waals surface area contributed by atoms with Crippen molar-refractivity contribution in [1.82, 2.24) is 5.32 Å². The SMILES string of the molecule is O=C(NC1(CO)CC2CCC1C2)OCc1ccccc1. The summed E-state index contributed by atoms with van der Waals surface area (Å²) in [7, 11) is 0. The highest BCUT2D eigenvalue weighted by molar-refractivity contribution is 5.68. The van der Waals surface area contributed by atoms with Gasteiger partial charge in [0.05, 0.1) is 12.1 Å². The molecule has 0 radical (unpaired) electrons. The molecule has 2 saturated carbocycles. The van der Waals surface area contributed by atoms with E-state index < -0.39 is 11.6 Å². The molecule has 1 amide bonds. The summed E-state index contributed by atoms with van der Waals surface area (Å²) in [6, 6.07) is 9.61. The number of hydrogen-bond donors (Lipinski definition) is 2. The van der Waals surface area contributed by atoms with E-state index in [4.69, 9.17) is 4.74 Å². The molecule has 0 aliphatic heterocycles. The molecule has 20 heavy (non-hydrogen) atoms. The molecule has 1 aromatic rings. The Bertz CT molecular complexity index is 476. The second-order valence-electron chi connectivity index (χ2n) is 6.08. The molecule has 0 heterocycles. The molecule has 108 valence electrons. The second kappa shape index (κ2) is 5.44. The predicted molar refractivity (Wildman–Crippen MR) is 75.0 cm³/mol. The zero-order chi connectivity index (χ0) is 14.0. The van der Waals surface area contributed by atoms with Crippen LogP contribution in [0.5, 0.6) is 0 Å². The summed E-state index contributed by atoms with van der Waals surface area (Å²) in [5, 5.41) is 12.6. The minimum atomic E-state index is -0.448. The monoisotopic (exact) mass is 275 g/mol. The fraction of sp³-hybridized carbons (Fsp3) is 0.562. The molecule has 4 heteroatoms. The average Bonchev–Trinajstić information content (AvgIpc) is 3.07. The number of ether oxygens (including phenoxy) is 1. The first kappa shape index (κ1) is 13.4. The van der Waals surface area contributed by atoms with Gasteiger partial charge in [0.25, 0.3) is 0 Å². The Balaban J connectivity index is 1.56. The first-order valence-electron chi connectivity index (χ1n) is 7.31. The molecule has 2 N–H and O–H groups in total. The van der Waals surface area contributed by atoms with E-state index in [-0.39, 0.29) is 13.2 Å². The molecule has 2 bridgehead atoms. The van der Waals surface area contributed by atoms with Crippen LogP contribution in [0.2, 0.25) is 0 Å². The molecule has 0 saturated heterocycles. The van der Waals surface area contributed by atoms with E-state index in [2.05, 4.69) is 5.32 Å². The number of carbonyl (C=O) groups is 1. The summed E-state index contributed by atoms with van der Waals surface area (Å²) in [4.78, 5) is 12.0. The van der Waals surface area contributed by atoms with Crippen LogP contribution in [0.3, 0.4) is 0 Å². The molecular formula is C16H21NO3. The summed E-state index contributed by atoms with van der Waals surface area (Å²) < 4.78 is 5.26. The molecule has 2 fully saturated rings. The van der Waals surface area contributed by atoms with Gasteiger partial charge in [0, 0.05) is 0 Å². The highest BCUT2D eigenvalue weighted by Gasteiger charge is 2.51. The van der Waals surface area contributed by atoms with Crippen molar-refractivity contribution in [3.8, 4) is 0 Å². The number of benzene rings is 1. The van der Waals surface area contributed by atoms with Crippen LogP contribution in [-0.2, 0) is 11.3 Å². The third-order valence-electron chi connectivity index (χ3n) is 4.82. The van der Waals surface area contributed by atoms with E-state index in [1.807, 2.05) is 30.3 Å². The molecule has 0 spiro atoms. The van der Waals surface area contributed by atoms with Crippen molar-refractivity contribution in [1.29, 1.82) is 0 Å². The highest BCUT2D eigenvalue weighted by Crippen LogP contribution is 2.50. The highest BCUT2D eigenvalue weighted by atomic mass is 16.5. The zero-order valence-electron chi connectivity index (χ0n) is 11.5. The summed E-state index contributed by atoms with van der Waals surface area (Å²) in [5.74, 6) is 1.06. The minimum Gasteiger partial charge on any atom is -0.445 e. The van der Waals surface area contributed by atoms with Crippen LogP contribution in [0, 0.1) is 11.8 Å². The van der Waals surface area contributed by atoms with Crippen LogP contribution < -0.4 is 5.32 Å². The van der Waals surface area contributed by atoms with E-state index in [1.165, 1.54) is 6.42 Å². The fourth-order valence-electron chi connectivity index (χ4n) is 3.79. The zero-order valence-corrected chi connectivity index (χ0v) is 11.5. The number of nitrogens with one attached hydrogen (secondary N) is 1. The third kappa shape index (κ3) is 2.52. The Morgan fingerprint density at radius 2 is 2.15 bits per heavy atom. The smallest absolute Gasteiger partial charge is 0.407 e. The van der Waals surface area contributed by atoms with Crippen molar-refractivity contribution in [2.45, 2.75) is 37.8 Å². The summed E-state index contributed by atoms with van der Waals surface area (Å²) in [6.45, 7) is 0.275. The molecule has 2 aliphatic rings. The number of amides is 1. The lowest BCUT2D eigenvalue weighted by Gasteiger charge is -2.36. The summed E-state index contributed by atoms with van der Waals surface area (Å²) in [5.41, 5.74) is 0.519. The van der Waals surface area contributed by atoms with Gasteiger partial charge < -0.3 is 15.2 Å². The number of fused-ring (bicyclic) bond motifs is 2. The number of hydrogen-bond acceptors (Lipinski definition) is 3. The van der Waals surface area contributed by atoms with E-state index in [9.17, 15) is 9.90 Å². The maximum atomic E-state index is 12.0.